The van der Waals surface area contributed by atoms with E-state index in [1.807, 2.05) is 43.0 Å². The van der Waals surface area contributed by atoms with Crippen molar-refractivity contribution in [3.63, 3.8) is 0 Å². The number of carbonyl (C=O) groups is 1. The van der Waals surface area contributed by atoms with Gasteiger partial charge in [0.2, 0.25) is 0 Å². The van der Waals surface area contributed by atoms with Crippen LogP contribution in [0.2, 0.25) is 0 Å². The number of nitrogens with zero attached hydrogens (tertiary/aromatic N) is 1. The summed E-state index contributed by atoms with van der Waals surface area (Å²) >= 11 is 0. The van der Waals surface area contributed by atoms with E-state index in [0.29, 0.717) is 13.1 Å². The first-order chi connectivity index (χ1) is 12.9. The van der Waals surface area contributed by atoms with Gasteiger partial charge in [-0.2, -0.15) is 0 Å². The molecule has 1 fully saturated rings. The average Bonchev–Trinajstić information content (AvgIpc) is 2.60. The highest BCUT2D eigenvalue weighted by Crippen LogP contribution is 2.15. The van der Waals surface area contributed by atoms with Gasteiger partial charge >= 0.3 is 0 Å². The maximum absolute atomic E-state index is 12.7. The fourth-order valence-corrected chi connectivity index (χ4v) is 3.81. The van der Waals surface area contributed by atoms with E-state index in [9.17, 15) is 4.79 Å². The lowest BCUT2D eigenvalue weighted by Gasteiger charge is -2.35. The molecule has 4 nitrogen and oxygen atoms in total. The highest BCUT2D eigenvalue weighted by Gasteiger charge is 2.26. The highest BCUT2D eigenvalue weighted by atomic mass is 16.5. The molecule has 2 aromatic carbocycles. The van der Waals surface area contributed by atoms with E-state index in [2.05, 4.69) is 37.4 Å². The van der Waals surface area contributed by atoms with E-state index in [1.165, 1.54) is 22.3 Å². The van der Waals surface area contributed by atoms with Crippen LogP contribution in [0.3, 0.4) is 0 Å². The third kappa shape index (κ3) is 5.41. The summed E-state index contributed by atoms with van der Waals surface area (Å²) in [6.07, 6.45) is 0.179. The summed E-state index contributed by atoms with van der Waals surface area (Å²) < 4.78 is 5.71. The van der Waals surface area contributed by atoms with Crippen molar-refractivity contribution in [2.45, 2.75) is 53.0 Å². The summed E-state index contributed by atoms with van der Waals surface area (Å²) in [6.45, 7) is 11.2. The van der Waals surface area contributed by atoms with Gasteiger partial charge in [0.1, 0.15) is 0 Å². The number of hydrogen-bond donors (Lipinski definition) is 1. The number of aryl methyl sites for hydroxylation is 2. The molecule has 2 unspecified atom stereocenters. The standard InChI is InChI=1S/C23H30N2O2/c1-16-9-17(2)11-21(10-16)13-24-12-20-5-7-22(8-6-20)23(26)25-14-18(3)27-19(4)15-25/h5-11,18-19,24H,12-15H2,1-4H3. The van der Waals surface area contributed by atoms with Crippen LogP contribution in [0.25, 0.3) is 0 Å². The van der Waals surface area contributed by atoms with Crippen LogP contribution >= 0.6 is 0 Å². The normalized spacial score (nSPS) is 19.9. The lowest BCUT2D eigenvalue weighted by atomic mass is 10.1. The van der Waals surface area contributed by atoms with Crippen LogP contribution in [0.1, 0.15) is 46.5 Å². The van der Waals surface area contributed by atoms with Crippen molar-refractivity contribution in [2.24, 2.45) is 0 Å². The quantitative estimate of drug-likeness (QED) is 0.874. The molecule has 3 rings (SSSR count). The SMILES string of the molecule is Cc1cc(C)cc(CNCc2ccc(C(=O)N3CC(C)OC(C)C3)cc2)c1. The minimum Gasteiger partial charge on any atom is -0.372 e. The van der Waals surface area contributed by atoms with Gasteiger partial charge in [-0.3, -0.25) is 4.79 Å². The van der Waals surface area contributed by atoms with Crippen molar-refractivity contribution in [3.8, 4) is 0 Å². The lowest BCUT2D eigenvalue weighted by Crippen LogP contribution is -2.48. The maximum Gasteiger partial charge on any atom is 0.254 e. The first-order valence-corrected chi connectivity index (χ1v) is 9.72. The topological polar surface area (TPSA) is 41.6 Å². The zero-order chi connectivity index (χ0) is 19.4. The number of carbonyl (C=O) groups excluding carboxylic acids is 1. The molecule has 1 aliphatic heterocycles. The monoisotopic (exact) mass is 366 g/mol. The van der Waals surface area contributed by atoms with Gasteiger partial charge in [0.15, 0.2) is 0 Å². The Morgan fingerprint density at radius 2 is 1.52 bits per heavy atom. The van der Waals surface area contributed by atoms with E-state index in [-0.39, 0.29) is 18.1 Å². The molecule has 2 atom stereocenters. The Morgan fingerprint density at radius 3 is 2.11 bits per heavy atom. The fraction of sp³-hybridized carbons (Fsp3) is 0.435. The van der Waals surface area contributed by atoms with E-state index in [0.717, 1.165) is 18.7 Å². The van der Waals surface area contributed by atoms with Gasteiger partial charge in [0, 0.05) is 31.7 Å². The summed E-state index contributed by atoms with van der Waals surface area (Å²) in [7, 11) is 0. The number of hydrogen-bond acceptors (Lipinski definition) is 3. The van der Waals surface area contributed by atoms with Crippen molar-refractivity contribution in [1.29, 1.82) is 0 Å². The van der Waals surface area contributed by atoms with E-state index >= 15 is 0 Å². The summed E-state index contributed by atoms with van der Waals surface area (Å²) in [6, 6.07) is 14.6. The third-order valence-electron chi connectivity index (χ3n) is 4.85. The van der Waals surface area contributed by atoms with Crippen molar-refractivity contribution in [2.75, 3.05) is 13.1 Å². The average molecular weight is 367 g/mol. The van der Waals surface area contributed by atoms with E-state index in [4.69, 9.17) is 4.74 Å². The second kappa shape index (κ2) is 8.68. The van der Waals surface area contributed by atoms with E-state index in [1.54, 1.807) is 0 Å². The molecule has 1 aliphatic rings. The molecular formula is C23H30N2O2. The number of nitrogens with one attached hydrogen (secondary N) is 1. The molecule has 0 saturated carbocycles. The number of amides is 1. The zero-order valence-corrected chi connectivity index (χ0v) is 16.8. The van der Waals surface area contributed by atoms with Crippen molar-refractivity contribution in [3.05, 3.63) is 70.3 Å². The van der Waals surface area contributed by atoms with Gasteiger partial charge in [-0.1, -0.05) is 41.5 Å². The number of ether oxygens (including phenoxy) is 1. The molecule has 0 aromatic heterocycles. The Morgan fingerprint density at radius 1 is 0.963 bits per heavy atom. The molecule has 0 aliphatic carbocycles. The fourth-order valence-electron chi connectivity index (χ4n) is 3.81. The molecule has 0 spiro atoms. The second-order valence-corrected chi connectivity index (χ2v) is 7.76. The van der Waals surface area contributed by atoms with Crippen LogP contribution in [-0.2, 0) is 17.8 Å². The summed E-state index contributed by atoms with van der Waals surface area (Å²) in [5.41, 5.74) is 5.81. The second-order valence-electron chi connectivity index (χ2n) is 7.76. The molecule has 1 saturated heterocycles. The highest BCUT2D eigenvalue weighted by molar-refractivity contribution is 5.94. The molecule has 1 amide bonds. The Balaban J connectivity index is 1.54. The minimum atomic E-state index is 0.0893. The van der Waals surface area contributed by atoms with Crippen LogP contribution in [0.15, 0.2) is 42.5 Å². The van der Waals surface area contributed by atoms with Gasteiger partial charge in [-0.25, -0.2) is 0 Å². The van der Waals surface area contributed by atoms with E-state index < -0.39 is 0 Å². The zero-order valence-electron chi connectivity index (χ0n) is 16.8. The van der Waals surface area contributed by atoms with Crippen LogP contribution in [0.5, 0.6) is 0 Å². The van der Waals surface area contributed by atoms with Crippen molar-refractivity contribution < 1.29 is 9.53 Å². The van der Waals surface area contributed by atoms with Crippen molar-refractivity contribution >= 4 is 5.91 Å². The minimum absolute atomic E-state index is 0.0893. The predicted octanol–water partition coefficient (Wildman–Crippen LogP) is 3.84. The molecule has 0 radical (unpaired) electrons. The van der Waals surface area contributed by atoms with Gasteiger partial charge in [0.05, 0.1) is 12.2 Å². The van der Waals surface area contributed by atoms with Crippen LogP contribution in [-0.4, -0.2) is 36.1 Å². The maximum atomic E-state index is 12.7. The van der Waals surface area contributed by atoms with Crippen LogP contribution < -0.4 is 5.32 Å². The molecule has 0 bridgehead atoms. The summed E-state index contributed by atoms with van der Waals surface area (Å²) in [5.74, 6) is 0.0896. The predicted molar refractivity (Wildman–Crippen MR) is 109 cm³/mol. The van der Waals surface area contributed by atoms with Crippen LogP contribution in [0, 0.1) is 13.8 Å². The van der Waals surface area contributed by atoms with Gasteiger partial charge in [0.25, 0.3) is 5.91 Å². The van der Waals surface area contributed by atoms with Gasteiger partial charge in [-0.05, 0) is 51.0 Å². The first kappa shape index (κ1) is 19.6. The number of morpholine rings is 1. The number of rotatable bonds is 5. The smallest absolute Gasteiger partial charge is 0.254 e. The molecule has 2 aromatic rings. The summed E-state index contributed by atoms with van der Waals surface area (Å²) in [5, 5.41) is 3.48. The molecule has 1 heterocycles. The molecule has 1 N–H and O–H groups in total. The Labute approximate surface area is 162 Å². The molecular weight excluding hydrogens is 336 g/mol. The summed E-state index contributed by atoms with van der Waals surface area (Å²) in [4.78, 5) is 14.6. The van der Waals surface area contributed by atoms with Gasteiger partial charge in [-0.15, -0.1) is 0 Å². The Bertz CT molecular complexity index is 755. The first-order valence-electron chi connectivity index (χ1n) is 9.72. The lowest BCUT2D eigenvalue weighted by molar-refractivity contribution is -0.0586. The third-order valence-corrected chi connectivity index (χ3v) is 4.85. The molecule has 27 heavy (non-hydrogen) atoms. The molecule has 144 valence electrons. The van der Waals surface area contributed by atoms with Crippen molar-refractivity contribution in [1.82, 2.24) is 10.2 Å². The largest absolute Gasteiger partial charge is 0.372 e. The molecule has 4 heteroatoms. The number of benzene rings is 2. The van der Waals surface area contributed by atoms with Gasteiger partial charge < -0.3 is 15.0 Å². The Hall–Kier alpha value is -2.17. The van der Waals surface area contributed by atoms with Crippen LogP contribution in [0.4, 0.5) is 0 Å². The Kier molecular flexibility index (Phi) is 6.30.